The van der Waals surface area contributed by atoms with E-state index in [0.29, 0.717) is 38.3 Å². The van der Waals surface area contributed by atoms with E-state index < -0.39 is 21.8 Å². The minimum atomic E-state index is -1.46. The average Bonchev–Trinajstić information content (AvgIpc) is 3.79. The molecule has 0 saturated carbocycles. The molecule has 8 rings (SSSR count). The summed E-state index contributed by atoms with van der Waals surface area (Å²) < 4.78 is 1.81. The summed E-state index contributed by atoms with van der Waals surface area (Å²) in [5.41, 5.74) is 3.40. The van der Waals surface area contributed by atoms with Gasteiger partial charge in [0.05, 0.1) is 11.0 Å². The predicted octanol–water partition coefficient (Wildman–Crippen LogP) is 9.50. The molecule has 3 N–H and O–H groups in total. The number of hydrogen-bond donors (Lipinski definition) is 3. The van der Waals surface area contributed by atoms with Crippen LogP contribution in [0.4, 0.5) is 0 Å². The van der Waals surface area contributed by atoms with Crippen molar-refractivity contribution in [1.29, 1.82) is 0 Å². The van der Waals surface area contributed by atoms with Crippen molar-refractivity contribution in [3.05, 3.63) is 178 Å². The lowest BCUT2D eigenvalue weighted by atomic mass is 9.90. The first-order chi connectivity index (χ1) is 27.1. The molecule has 3 saturated heterocycles. The van der Waals surface area contributed by atoms with Gasteiger partial charge in [-0.2, -0.15) is 0 Å². The van der Waals surface area contributed by atoms with Crippen molar-refractivity contribution in [1.82, 2.24) is 14.7 Å². The highest BCUT2D eigenvalue weighted by Gasteiger charge is 2.53. The van der Waals surface area contributed by atoms with Crippen molar-refractivity contribution >= 4 is 94.7 Å². The molecule has 0 bridgehead atoms. The lowest BCUT2D eigenvalue weighted by Crippen LogP contribution is -2.46. The largest absolute Gasteiger partial charge is 0.366 e. The van der Waals surface area contributed by atoms with Crippen molar-refractivity contribution < 1.29 is 15.3 Å². The molecule has 5 aromatic rings. The second kappa shape index (κ2) is 16.7. The molecule has 13 heteroatoms. The standard InChI is InChI=1S/C43H39N3O3S7/c47-41(34-17-7-2-8-18-34)29-53-38(50)45(41)27-31-24-32(28-46-40(52)55-56-43(46,49)36-21-11-4-12-22-36)26-33(25-31)37-42(48,35-19-9-3-10-20-35)44(39(51)54-37)23-13-16-30-14-5-1-6-15-30/h1-12,14-15,17-22,24-26,37,47-49H,13,16,23,27-29H2. The first kappa shape index (κ1) is 39.9. The number of aryl methyl sites for hydroxylation is 1. The van der Waals surface area contributed by atoms with E-state index >= 15 is 0 Å². The summed E-state index contributed by atoms with van der Waals surface area (Å²) in [4.78, 5) is 5.74. The van der Waals surface area contributed by atoms with Gasteiger partial charge in [-0.25, -0.2) is 0 Å². The number of rotatable bonds is 12. The predicted molar refractivity (Wildman–Crippen MR) is 246 cm³/mol. The van der Waals surface area contributed by atoms with Crippen LogP contribution in [0.5, 0.6) is 0 Å². The number of aliphatic hydroxyl groups is 3. The van der Waals surface area contributed by atoms with Gasteiger partial charge in [-0.15, -0.1) is 0 Å². The Hall–Kier alpha value is -2.95. The fourth-order valence-corrected chi connectivity index (χ4v) is 13.8. The first-order valence-corrected chi connectivity index (χ1v) is 23.4. The Labute approximate surface area is 360 Å². The third kappa shape index (κ3) is 7.68. The Balaban J connectivity index is 1.20. The van der Waals surface area contributed by atoms with Crippen LogP contribution >= 0.6 is 81.8 Å². The number of hydrogen-bond acceptors (Lipinski definition) is 10. The molecule has 0 radical (unpaired) electrons. The number of benzene rings is 5. The fourth-order valence-electron chi connectivity index (χ4n) is 7.60. The Bertz CT molecular complexity index is 2130. The summed E-state index contributed by atoms with van der Waals surface area (Å²) in [5, 5.41) is 35.7. The van der Waals surface area contributed by atoms with Crippen molar-refractivity contribution in [2.24, 2.45) is 0 Å². The molecule has 0 spiro atoms. The van der Waals surface area contributed by atoms with Gasteiger partial charge in [0.25, 0.3) is 0 Å². The number of nitrogens with zero attached hydrogens (tertiary/aromatic N) is 3. The summed E-state index contributed by atoms with van der Waals surface area (Å²) in [6.07, 6.45) is 1.66. The van der Waals surface area contributed by atoms with Crippen LogP contribution in [-0.2, 0) is 36.0 Å². The van der Waals surface area contributed by atoms with E-state index in [1.807, 2.05) is 124 Å². The van der Waals surface area contributed by atoms with Gasteiger partial charge in [0.1, 0.15) is 8.64 Å². The molecular weight excluding hydrogens is 831 g/mol. The van der Waals surface area contributed by atoms with Gasteiger partial charge in [-0.1, -0.05) is 200 Å². The third-order valence-corrected chi connectivity index (χ3v) is 17.1. The Morgan fingerprint density at radius 3 is 1.77 bits per heavy atom. The van der Waals surface area contributed by atoms with E-state index in [0.717, 1.165) is 46.2 Å². The molecule has 0 amide bonds. The molecule has 4 atom stereocenters. The number of thiocarbonyl (C=S) groups is 3. The highest BCUT2D eigenvalue weighted by Crippen LogP contribution is 2.56. The van der Waals surface area contributed by atoms with E-state index in [4.69, 9.17) is 36.7 Å². The van der Waals surface area contributed by atoms with Crippen molar-refractivity contribution in [2.75, 3.05) is 12.3 Å². The molecule has 3 fully saturated rings. The summed E-state index contributed by atoms with van der Waals surface area (Å²) in [7, 11) is 2.70. The molecular formula is C43H39N3O3S7. The van der Waals surface area contributed by atoms with Crippen molar-refractivity contribution in [3.8, 4) is 0 Å². The van der Waals surface area contributed by atoms with E-state index in [2.05, 4.69) is 30.3 Å². The van der Waals surface area contributed by atoms with E-state index in [9.17, 15) is 15.3 Å². The van der Waals surface area contributed by atoms with E-state index in [-0.39, 0.29) is 0 Å². The Morgan fingerprint density at radius 1 is 0.589 bits per heavy atom. The molecule has 0 aliphatic carbocycles. The molecule has 56 heavy (non-hydrogen) atoms. The average molecular weight is 870 g/mol. The van der Waals surface area contributed by atoms with Gasteiger partial charge in [-0.3, -0.25) is 0 Å². The van der Waals surface area contributed by atoms with Gasteiger partial charge >= 0.3 is 0 Å². The lowest BCUT2D eigenvalue weighted by Gasteiger charge is -2.39. The zero-order valence-corrected chi connectivity index (χ0v) is 35.9. The van der Waals surface area contributed by atoms with Gasteiger partial charge in [0.2, 0.25) is 5.06 Å². The third-order valence-electron chi connectivity index (χ3n) is 10.4. The summed E-state index contributed by atoms with van der Waals surface area (Å²) in [6.45, 7) is 1.19. The molecule has 0 aromatic heterocycles. The van der Waals surface area contributed by atoms with Crippen LogP contribution in [0, 0.1) is 0 Å². The molecule has 5 aromatic carbocycles. The molecule has 286 valence electrons. The van der Waals surface area contributed by atoms with E-state index in [1.165, 1.54) is 50.7 Å². The highest BCUT2D eigenvalue weighted by atomic mass is 33.1. The lowest BCUT2D eigenvalue weighted by molar-refractivity contribution is -0.0708. The molecule has 3 heterocycles. The second-order valence-corrected chi connectivity index (χ2v) is 20.3. The number of thioether (sulfide) groups is 2. The van der Waals surface area contributed by atoms with E-state index in [1.54, 1.807) is 0 Å². The topological polar surface area (TPSA) is 70.4 Å². The van der Waals surface area contributed by atoms with Crippen LogP contribution in [0.2, 0.25) is 0 Å². The van der Waals surface area contributed by atoms with Crippen LogP contribution in [0.15, 0.2) is 140 Å². The van der Waals surface area contributed by atoms with Gasteiger partial charge in [-0.05, 0) is 56.7 Å². The van der Waals surface area contributed by atoms with Gasteiger partial charge in [0.15, 0.2) is 15.8 Å². The van der Waals surface area contributed by atoms with Gasteiger partial charge in [0, 0.05) is 36.3 Å². The minimum absolute atomic E-state index is 0.305. The zero-order chi connectivity index (χ0) is 38.9. The molecule has 6 nitrogen and oxygen atoms in total. The monoisotopic (exact) mass is 869 g/mol. The Kier molecular flexibility index (Phi) is 11.9. The van der Waals surface area contributed by atoms with Crippen LogP contribution in [0.1, 0.15) is 50.6 Å². The minimum Gasteiger partial charge on any atom is -0.366 e. The first-order valence-electron chi connectivity index (χ1n) is 18.2. The second-order valence-electron chi connectivity index (χ2n) is 14.0. The summed E-state index contributed by atoms with van der Waals surface area (Å²) in [6, 6.07) is 45.7. The normalized spacial score (nSPS) is 25.1. The van der Waals surface area contributed by atoms with Crippen LogP contribution in [-0.4, -0.2) is 55.3 Å². The van der Waals surface area contributed by atoms with Crippen molar-refractivity contribution in [2.45, 2.75) is 47.7 Å². The van der Waals surface area contributed by atoms with Gasteiger partial charge < -0.3 is 30.0 Å². The highest BCUT2D eigenvalue weighted by molar-refractivity contribution is 8.84. The maximum atomic E-state index is 13.2. The summed E-state index contributed by atoms with van der Waals surface area (Å²) in [5.74, 6) is 0.404. The zero-order valence-electron chi connectivity index (χ0n) is 30.1. The summed E-state index contributed by atoms with van der Waals surface area (Å²) >= 11 is 20.8. The molecule has 4 unspecified atom stereocenters. The van der Waals surface area contributed by atoms with Crippen LogP contribution in [0.25, 0.3) is 0 Å². The molecule has 3 aliphatic rings. The quantitative estimate of drug-likeness (QED) is 0.0825. The fraction of sp³-hybridized carbons (Fsp3) is 0.233. The SMILES string of the molecule is OC1(c2ccccc2)CSC(=S)N1Cc1cc(CN2C(=S)SSC2(O)c2ccccc2)cc(C2SC(=S)N(CCCc3ccccc3)C2(O)c2ccccc2)c1. The molecule has 3 aliphatic heterocycles. The van der Waals surface area contributed by atoms with Crippen LogP contribution in [0.3, 0.4) is 0 Å². The Morgan fingerprint density at radius 2 is 1.14 bits per heavy atom. The maximum Gasteiger partial charge on any atom is 0.226 e. The maximum absolute atomic E-state index is 13.2. The smallest absolute Gasteiger partial charge is 0.226 e. The van der Waals surface area contributed by atoms with Crippen LogP contribution < -0.4 is 0 Å². The van der Waals surface area contributed by atoms with Crippen molar-refractivity contribution in [3.63, 3.8) is 0 Å².